The molecule has 5 heteroatoms. The van der Waals surface area contributed by atoms with Crippen molar-refractivity contribution < 1.29 is 0 Å². The second-order valence-corrected chi connectivity index (χ2v) is 5.67. The van der Waals surface area contributed by atoms with E-state index in [4.69, 9.17) is 0 Å². The van der Waals surface area contributed by atoms with Crippen molar-refractivity contribution in [2.45, 2.75) is 39.8 Å². The van der Waals surface area contributed by atoms with Crippen molar-refractivity contribution in [2.75, 3.05) is 6.54 Å². The lowest BCUT2D eigenvalue weighted by Crippen LogP contribution is -2.24. The van der Waals surface area contributed by atoms with Crippen LogP contribution in [0.5, 0.6) is 0 Å². The standard InChI is InChI=1S/C15H21BrN4/c1-4-17-14(9-15-18-10-19-20(15)5-2)12-7-6-11(3)13(16)8-12/h6-8,10,14,17H,4-5,9H2,1-3H3. The molecule has 1 heterocycles. The lowest BCUT2D eigenvalue weighted by Gasteiger charge is -2.19. The third-order valence-electron chi connectivity index (χ3n) is 3.43. The molecule has 1 atom stereocenters. The quantitative estimate of drug-likeness (QED) is 0.880. The Morgan fingerprint density at radius 3 is 2.80 bits per heavy atom. The first-order chi connectivity index (χ1) is 9.65. The van der Waals surface area contributed by atoms with Crippen molar-refractivity contribution in [3.05, 3.63) is 46.0 Å². The van der Waals surface area contributed by atoms with Crippen LogP contribution in [-0.2, 0) is 13.0 Å². The number of likely N-dealkylation sites (N-methyl/N-ethyl adjacent to an activating group) is 1. The summed E-state index contributed by atoms with van der Waals surface area (Å²) in [6, 6.07) is 6.77. The van der Waals surface area contributed by atoms with Crippen LogP contribution in [0.1, 0.15) is 36.8 Å². The van der Waals surface area contributed by atoms with E-state index in [1.807, 2.05) is 4.68 Å². The Kier molecular flexibility index (Phi) is 5.31. The zero-order valence-electron chi connectivity index (χ0n) is 12.2. The molecule has 2 aromatic rings. The van der Waals surface area contributed by atoms with E-state index in [2.05, 4.69) is 70.3 Å². The fourth-order valence-corrected chi connectivity index (χ4v) is 2.67. The molecule has 20 heavy (non-hydrogen) atoms. The second-order valence-electron chi connectivity index (χ2n) is 4.82. The number of aromatic nitrogens is 3. The average molecular weight is 337 g/mol. The van der Waals surface area contributed by atoms with E-state index in [1.165, 1.54) is 11.1 Å². The molecule has 1 aromatic carbocycles. The topological polar surface area (TPSA) is 42.7 Å². The summed E-state index contributed by atoms with van der Waals surface area (Å²) >= 11 is 3.61. The monoisotopic (exact) mass is 336 g/mol. The Morgan fingerprint density at radius 2 is 2.15 bits per heavy atom. The maximum absolute atomic E-state index is 4.37. The first-order valence-corrected chi connectivity index (χ1v) is 7.81. The Labute approximate surface area is 128 Å². The van der Waals surface area contributed by atoms with Crippen molar-refractivity contribution in [1.82, 2.24) is 20.1 Å². The Bertz CT molecular complexity index is 565. The summed E-state index contributed by atoms with van der Waals surface area (Å²) in [4.78, 5) is 4.37. The molecule has 2 rings (SSSR count). The Balaban J connectivity index is 2.24. The van der Waals surface area contributed by atoms with Crippen molar-refractivity contribution in [3.8, 4) is 0 Å². The van der Waals surface area contributed by atoms with Crippen molar-refractivity contribution in [2.24, 2.45) is 0 Å². The molecule has 0 saturated heterocycles. The van der Waals surface area contributed by atoms with Crippen LogP contribution in [-0.4, -0.2) is 21.3 Å². The fraction of sp³-hybridized carbons (Fsp3) is 0.467. The number of nitrogens with one attached hydrogen (secondary N) is 1. The molecule has 0 fully saturated rings. The van der Waals surface area contributed by atoms with Crippen LogP contribution in [0.3, 0.4) is 0 Å². The summed E-state index contributed by atoms with van der Waals surface area (Å²) in [5.41, 5.74) is 2.52. The molecule has 108 valence electrons. The van der Waals surface area contributed by atoms with Gasteiger partial charge in [-0.1, -0.05) is 35.0 Å². The first-order valence-electron chi connectivity index (χ1n) is 7.01. The van der Waals surface area contributed by atoms with E-state index in [9.17, 15) is 0 Å². The minimum Gasteiger partial charge on any atom is -0.310 e. The number of benzene rings is 1. The molecular formula is C15H21BrN4. The van der Waals surface area contributed by atoms with Gasteiger partial charge in [-0.05, 0) is 37.6 Å². The molecule has 0 bridgehead atoms. The molecule has 0 spiro atoms. The highest BCUT2D eigenvalue weighted by molar-refractivity contribution is 9.10. The number of halogens is 1. The molecular weight excluding hydrogens is 316 g/mol. The van der Waals surface area contributed by atoms with Gasteiger partial charge >= 0.3 is 0 Å². The summed E-state index contributed by atoms with van der Waals surface area (Å²) in [6.07, 6.45) is 2.48. The minimum atomic E-state index is 0.256. The predicted octanol–water partition coefficient (Wildman–Crippen LogP) is 3.26. The van der Waals surface area contributed by atoms with Gasteiger partial charge < -0.3 is 5.32 Å². The average Bonchev–Trinajstić information content (AvgIpc) is 2.88. The number of aryl methyl sites for hydroxylation is 2. The van der Waals surface area contributed by atoms with E-state index < -0.39 is 0 Å². The molecule has 4 nitrogen and oxygen atoms in total. The molecule has 0 aliphatic heterocycles. The maximum Gasteiger partial charge on any atom is 0.138 e. The van der Waals surface area contributed by atoms with Gasteiger partial charge in [-0.15, -0.1) is 0 Å². The highest BCUT2D eigenvalue weighted by Gasteiger charge is 2.15. The molecule has 1 N–H and O–H groups in total. The molecule has 0 aliphatic carbocycles. The third kappa shape index (κ3) is 3.46. The van der Waals surface area contributed by atoms with Crippen molar-refractivity contribution in [3.63, 3.8) is 0 Å². The van der Waals surface area contributed by atoms with Crippen LogP contribution in [0.4, 0.5) is 0 Å². The first kappa shape index (κ1) is 15.2. The van der Waals surface area contributed by atoms with E-state index in [-0.39, 0.29) is 6.04 Å². The van der Waals surface area contributed by atoms with Crippen molar-refractivity contribution >= 4 is 15.9 Å². The lowest BCUT2D eigenvalue weighted by atomic mass is 10.0. The Hall–Kier alpha value is -1.20. The van der Waals surface area contributed by atoms with Crippen LogP contribution in [0.2, 0.25) is 0 Å². The minimum absolute atomic E-state index is 0.256. The summed E-state index contributed by atoms with van der Waals surface area (Å²) in [6.45, 7) is 8.09. The highest BCUT2D eigenvalue weighted by atomic mass is 79.9. The van der Waals surface area contributed by atoms with Gasteiger partial charge in [-0.3, -0.25) is 4.68 Å². The highest BCUT2D eigenvalue weighted by Crippen LogP contribution is 2.24. The van der Waals surface area contributed by atoms with Gasteiger partial charge in [-0.25, -0.2) is 4.98 Å². The van der Waals surface area contributed by atoms with Crippen LogP contribution < -0.4 is 5.32 Å². The van der Waals surface area contributed by atoms with E-state index in [1.54, 1.807) is 6.33 Å². The molecule has 1 unspecified atom stereocenters. The lowest BCUT2D eigenvalue weighted by molar-refractivity contribution is 0.509. The summed E-state index contributed by atoms with van der Waals surface area (Å²) in [5.74, 6) is 1.02. The van der Waals surface area contributed by atoms with Crippen molar-refractivity contribution in [1.29, 1.82) is 0 Å². The zero-order valence-corrected chi connectivity index (χ0v) is 13.8. The van der Waals surface area contributed by atoms with E-state index >= 15 is 0 Å². The number of hydrogen-bond acceptors (Lipinski definition) is 3. The van der Waals surface area contributed by atoms with Crippen LogP contribution in [0.15, 0.2) is 29.0 Å². The van der Waals surface area contributed by atoms with Crippen LogP contribution >= 0.6 is 15.9 Å². The van der Waals surface area contributed by atoms with E-state index in [0.29, 0.717) is 0 Å². The van der Waals surface area contributed by atoms with Gasteiger partial charge in [0.25, 0.3) is 0 Å². The van der Waals surface area contributed by atoms with E-state index in [0.717, 1.165) is 29.8 Å². The summed E-state index contributed by atoms with van der Waals surface area (Å²) in [7, 11) is 0. The van der Waals surface area contributed by atoms with Crippen LogP contribution in [0.25, 0.3) is 0 Å². The number of rotatable bonds is 6. The second kappa shape index (κ2) is 6.99. The van der Waals surface area contributed by atoms with Gasteiger partial charge in [0.15, 0.2) is 0 Å². The zero-order chi connectivity index (χ0) is 14.5. The third-order valence-corrected chi connectivity index (χ3v) is 4.29. The normalized spacial score (nSPS) is 12.6. The van der Waals surface area contributed by atoms with Crippen LogP contribution in [0, 0.1) is 6.92 Å². The van der Waals surface area contributed by atoms with Gasteiger partial charge in [0.05, 0.1) is 0 Å². The van der Waals surface area contributed by atoms with Gasteiger partial charge in [-0.2, -0.15) is 5.10 Å². The Morgan fingerprint density at radius 1 is 1.35 bits per heavy atom. The number of hydrogen-bond donors (Lipinski definition) is 1. The smallest absolute Gasteiger partial charge is 0.138 e. The van der Waals surface area contributed by atoms with Gasteiger partial charge in [0.1, 0.15) is 12.2 Å². The fourth-order valence-electron chi connectivity index (χ4n) is 2.27. The molecule has 0 aliphatic rings. The predicted molar refractivity (Wildman–Crippen MR) is 84.7 cm³/mol. The molecule has 0 radical (unpaired) electrons. The van der Waals surface area contributed by atoms with Gasteiger partial charge in [0.2, 0.25) is 0 Å². The molecule has 0 saturated carbocycles. The SMILES string of the molecule is CCNC(Cc1ncnn1CC)c1ccc(C)c(Br)c1. The largest absolute Gasteiger partial charge is 0.310 e. The summed E-state index contributed by atoms with van der Waals surface area (Å²) in [5, 5.41) is 7.77. The maximum atomic E-state index is 4.37. The van der Waals surface area contributed by atoms with Gasteiger partial charge in [0, 0.05) is 23.5 Å². The molecule has 0 amide bonds. The summed E-state index contributed by atoms with van der Waals surface area (Å²) < 4.78 is 3.10. The molecule has 1 aromatic heterocycles. The number of nitrogens with zero attached hydrogens (tertiary/aromatic N) is 3.